The molecule has 1 saturated heterocycles. The molecule has 0 saturated carbocycles. The molecule has 1 N–H and O–H groups in total. The van der Waals surface area contributed by atoms with Crippen molar-refractivity contribution in [3.63, 3.8) is 0 Å². The first-order valence-electron chi connectivity index (χ1n) is 8.23. The Balaban J connectivity index is 2.12. The van der Waals surface area contributed by atoms with Crippen LogP contribution in [-0.4, -0.2) is 30.1 Å². The molecular weight excluding hydrogens is 244 g/mol. The van der Waals surface area contributed by atoms with Crippen molar-refractivity contribution in [1.82, 2.24) is 10.2 Å². The van der Waals surface area contributed by atoms with Gasteiger partial charge in [-0.3, -0.25) is 4.90 Å². The van der Waals surface area contributed by atoms with E-state index < -0.39 is 0 Å². The van der Waals surface area contributed by atoms with E-state index >= 15 is 0 Å². The second-order valence-corrected chi connectivity index (χ2v) is 6.13. The van der Waals surface area contributed by atoms with Crippen LogP contribution in [0.2, 0.25) is 0 Å². The Kier molecular flexibility index (Phi) is 5.62. The fourth-order valence-electron chi connectivity index (χ4n) is 3.72. The van der Waals surface area contributed by atoms with Gasteiger partial charge in [0.1, 0.15) is 0 Å². The lowest BCUT2D eigenvalue weighted by Crippen LogP contribution is -2.54. The maximum Gasteiger partial charge on any atom is 0.0348 e. The van der Waals surface area contributed by atoms with Crippen molar-refractivity contribution in [2.75, 3.05) is 13.1 Å². The zero-order valence-electron chi connectivity index (χ0n) is 13.5. The molecule has 1 aliphatic heterocycles. The van der Waals surface area contributed by atoms with Crippen LogP contribution in [0, 0.1) is 5.92 Å². The smallest absolute Gasteiger partial charge is 0.0348 e. The number of nitrogens with zero attached hydrogens (tertiary/aromatic N) is 1. The van der Waals surface area contributed by atoms with E-state index in [-0.39, 0.29) is 0 Å². The van der Waals surface area contributed by atoms with Crippen molar-refractivity contribution in [3.8, 4) is 0 Å². The number of rotatable bonds is 5. The van der Waals surface area contributed by atoms with E-state index in [1.165, 1.54) is 24.9 Å². The molecule has 112 valence electrons. The Bertz CT molecular complexity index is 390. The average molecular weight is 274 g/mol. The van der Waals surface area contributed by atoms with Crippen LogP contribution >= 0.6 is 0 Å². The summed E-state index contributed by atoms with van der Waals surface area (Å²) in [5.41, 5.74) is 1.47. The van der Waals surface area contributed by atoms with Gasteiger partial charge in [0.15, 0.2) is 0 Å². The molecule has 1 fully saturated rings. The lowest BCUT2D eigenvalue weighted by Gasteiger charge is -2.46. The highest BCUT2D eigenvalue weighted by Gasteiger charge is 2.35. The molecule has 2 heteroatoms. The van der Waals surface area contributed by atoms with Crippen molar-refractivity contribution < 1.29 is 0 Å². The van der Waals surface area contributed by atoms with Crippen LogP contribution in [0.4, 0.5) is 0 Å². The van der Waals surface area contributed by atoms with Gasteiger partial charge in [-0.15, -0.1) is 0 Å². The Labute approximate surface area is 124 Å². The van der Waals surface area contributed by atoms with Gasteiger partial charge in [0, 0.05) is 24.7 Å². The van der Waals surface area contributed by atoms with Gasteiger partial charge in [-0.1, -0.05) is 51.1 Å². The second-order valence-electron chi connectivity index (χ2n) is 6.13. The summed E-state index contributed by atoms with van der Waals surface area (Å²) in [5, 5.41) is 3.66. The lowest BCUT2D eigenvalue weighted by molar-refractivity contribution is 0.0447. The maximum atomic E-state index is 3.66. The molecule has 0 aliphatic carbocycles. The predicted octanol–water partition coefficient (Wildman–Crippen LogP) is 3.85. The molecule has 20 heavy (non-hydrogen) atoms. The Morgan fingerprint density at radius 2 is 1.90 bits per heavy atom. The molecule has 1 heterocycles. The molecule has 2 rings (SSSR count). The summed E-state index contributed by atoms with van der Waals surface area (Å²) in [5.74, 6) is 0.710. The minimum absolute atomic E-state index is 0.566. The van der Waals surface area contributed by atoms with Crippen LogP contribution < -0.4 is 5.32 Å². The molecule has 0 radical (unpaired) electrons. The van der Waals surface area contributed by atoms with Gasteiger partial charge in [0.25, 0.3) is 0 Å². The van der Waals surface area contributed by atoms with Gasteiger partial charge < -0.3 is 5.32 Å². The van der Waals surface area contributed by atoms with Crippen LogP contribution in [-0.2, 0) is 0 Å². The molecule has 4 atom stereocenters. The van der Waals surface area contributed by atoms with E-state index in [1.54, 1.807) is 0 Å². The number of piperidine rings is 1. The summed E-state index contributed by atoms with van der Waals surface area (Å²) in [6, 6.07) is 12.9. The minimum Gasteiger partial charge on any atom is -0.314 e. The highest BCUT2D eigenvalue weighted by molar-refractivity contribution is 5.19. The molecular formula is C18H30N2. The van der Waals surface area contributed by atoms with E-state index in [0.29, 0.717) is 24.0 Å². The number of hydrogen-bond acceptors (Lipinski definition) is 2. The number of benzene rings is 1. The van der Waals surface area contributed by atoms with Crippen molar-refractivity contribution in [2.45, 2.75) is 58.7 Å². The van der Waals surface area contributed by atoms with Crippen LogP contribution in [0.3, 0.4) is 0 Å². The summed E-state index contributed by atoms with van der Waals surface area (Å²) in [4.78, 5) is 2.72. The van der Waals surface area contributed by atoms with E-state index in [4.69, 9.17) is 0 Å². The topological polar surface area (TPSA) is 15.3 Å². The van der Waals surface area contributed by atoms with Crippen molar-refractivity contribution in [1.29, 1.82) is 0 Å². The van der Waals surface area contributed by atoms with E-state index in [2.05, 4.69) is 68.2 Å². The average Bonchev–Trinajstić information content (AvgIpc) is 2.48. The number of hydrogen-bond donors (Lipinski definition) is 1. The molecule has 0 spiro atoms. The van der Waals surface area contributed by atoms with Gasteiger partial charge in [0.05, 0.1) is 0 Å². The van der Waals surface area contributed by atoms with Gasteiger partial charge in [-0.05, 0) is 37.8 Å². The van der Waals surface area contributed by atoms with Crippen LogP contribution in [0.5, 0.6) is 0 Å². The zero-order valence-corrected chi connectivity index (χ0v) is 13.5. The highest BCUT2D eigenvalue weighted by atomic mass is 15.2. The van der Waals surface area contributed by atoms with Gasteiger partial charge >= 0.3 is 0 Å². The molecule has 4 unspecified atom stereocenters. The Morgan fingerprint density at radius 1 is 1.20 bits per heavy atom. The lowest BCUT2D eigenvalue weighted by atomic mass is 9.84. The molecule has 0 amide bonds. The summed E-state index contributed by atoms with van der Waals surface area (Å²) in [7, 11) is 0. The largest absolute Gasteiger partial charge is 0.314 e. The first-order valence-corrected chi connectivity index (χ1v) is 8.23. The maximum absolute atomic E-state index is 3.66. The van der Waals surface area contributed by atoms with E-state index in [1.807, 2.05) is 0 Å². The third kappa shape index (κ3) is 3.24. The molecule has 0 aromatic heterocycles. The summed E-state index contributed by atoms with van der Waals surface area (Å²) >= 11 is 0. The molecule has 0 bridgehead atoms. The monoisotopic (exact) mass is 274 g/mol. The fraction of sp³-hybridized carbons (Fsp3) is 0.667. The number of likely N-dealkylation sites (tertiary alicyclic amines) is 1. The van der Waals surface area contributed by atoms with Crippen molar-refractivity contribution in [2.24, 2.45) is 5.92 Å². The second kappa shape index (κ2) is 7.24. The third-order valence-electron chi connectivity index (χ3n) is 5.05. The summed E-state index contributed by atoms with van der Waals surface area (Å²) in [6.45, 7) is 11.6. The standard InChI is InChI=1S/C18H30N2/c1-5-18(16-10-8-7-9-11-16)20-13-12-17(19-6-2)14(3)15(20)4/h7-11,14-15,17-19H,5-6,12-13H2,1-4H3. The fourth-order valence-corrected chi connectivity index (χ4v) is 3.72. The SMILES string of the molecule is CCNC1CCN(C(CC)c2ccccc2)C(C)C1C. The summed E-state index contributed by atoms with van der Waals surface area (Å²) in [6.07, 6.45) is 2.45. The normalized spacial score (nSPS) is 29.3. The van der Waals surface area contributed by atoms with Gasteiger partial charge in [-0.25, -0.2) is 0 Å². The first kappa shape index (κ1) is 15.5. The van der Waals surface area contributed by atoms with Gasteiger partial charge in [-0.2, -0.15) is 0 Å². The zero-order chi connectivity index (χ0) is 14.5. The van der Waals surface area contributed by atoms with Crippen LogP contribution in [0.1, 0.15) is 52.1 Å². The van der Waals surface area contributed by atoms with Crippen molar-refractivity contribution in [3.05, 3.63) is 35.9 Å². The highest BCUT2D eigenvalue weighted by Crippen LogP contribution is 2.33. The van der Waals surface area contributed by atoms with Crippen LogP contribution in [0.15, 0.2) is 30.3 Å². The predicted molar refractivity (Wildman–Crippen MR) is 86.9 cm³/mol. The Morgan fingerprint density at radius 3 is 2.50 bits per heavy atom. The van der Waals surface area contributed by atoms with E-state index in [9.17, 15) is 0 Å². The minimum atomic E-state index is 0.566. The molecule has 2 nitrogen and oxygen atoms in total. The third-order valence-corrected chi connectivity index (χ3v) is 5.05. The number of nitrogens with one attached hydrogen (secondary N) is 1. The quantitative estimate of drug-likeness (QED) is 0.877. The Hall–Kier alpha value is -0.860. The van der Waals surface area contributed by atoms with E-state index in [0.717, 1.165) is 6.54 Å². The molecule has 1 aromatic carbocycles. The molecule has 1 aromatic rings. The van der Waals surface area contributed by atoms with Gasteiger partial charge in [0.2, 0.25) is 0 Å². The first-order chi connectivity index (χ1) is 9.69. The van der Waals surface area contributed by atoms with Crippen molar-refractivity contribution >= 4 is 0 Å². The molecule has 1 aliphatic rings. The van der Waals surface area contributed by atoms with Crippen LogP contribution in [0.25, 0.3) is 0 Å². The summed E-state index contributed by atoms with van der Waals surface area (Å²) < 4.78 is 0.